The number of thiazole rings is 1. The molecule has 0 saturated carbocycles. The first-order valence-corrected chi connectivity index (χ1v) is 15.2. The van der Waals surface area contributed by atoms with Gasteiger partial charge in [-0.15, -0.1) is 11.3 Å². The third kappa shape index (κ3) is 7.50. The lowest BCUT2D eigenvalue weighted by molar-refractivity contribution is -0.134. The normalized spacial score (nSPS) is 19.2. The number of ether oxygens (including phenoxy) is 1. The van der Waals surface area contributed by atoms with E-state index in [9.17, 15) is 19.2 Å². The zero-order chi connectivity index (χ0) is 29.5. The highest BCUT2D eigenvalue weighted by Gasteiger charge is 2.35. The van der Waals surface area contributed by atoms with E-state index in [-0.39, 0.29) is 75.4 Å². The minimum atomic E-state index is -0.346. The summed E-state index contributed by atoms with van der Waals surface area (Å²) in [7, 11) is 3.38. The number of fused-ring (bicyclic) bond motifs is 1. The molecule has 2 bridgehead atoms. The van der Waals surface area contributed by atoms with Gasteiger partial charge in [-0.1, -0.05) is 13.8 Å². The van der Waals surface area contributed by atoms with E-state index in [2.05, 4.69) is 29.2 Å². The number of aryl methyl sites for hydroxylation is 1. The third-order valence-corrected chi connectivity index (χ3v) is 8.35. The average molecular weight is 588 g/mol. The lowest BCUT2D eigenvalue weighted by Gasteiger charge is -2.36. The molecule has 0 radical (unpaired) electrons. The Morgan fingerprint density at radius 3 is 2.71 bits per heavy atom. The zero-order valence-electron chi connectivity index (χ0n) is 24.4. The Kier molecular flexibility index (Phi) is 10.5. The van der Waals surface area contributed by atoms with E-state index >= 15 is 0 Å². The molecule has 12 nitrogen and oxygen atoms in total. The number of aromatic nitrogens is 3. The molecule has 4 amide bonds. The fourth-order valence-electron chi connectivity index (χ4n) is 5.45. The molecule has 3 heterocycles. The molecule has 4 rings (SSSR count). The summed E-state index contributed by atoms with van der Waals surface area (Å²) in [5.41, 5.74) is 4.07. The van der Waals surface area contributed by atoms with Crippen LogP contribution in [0.15, 0.2) is 10.9 Å². The van der Waals surface area contributed by atoms with E-state index in [0.29, 0.717) is 36.7 Å². The van der Waals surface area contributed by atoms with Gasteiger partial charge in [-0.05, 0) is 31.6 Å². The molecular formula is C28H41N7O5S. The Hall–Kier alpha value is -3.32. The Morgan fingerprint density at radius 1 is 1.20 bits per heavy atom. The molecule has 1 N–H and O–H groups in total. The van der Waals surface area contributed by atoms with Crippen molar-refractivity contribution < 1.29 is 23.9 Å². The molecule has 224 valence electrons. The van der Waals surface area contributed by atoms with Gasteiger partial charge in [0.1, 0.15) is 5.69 Å². The van der Waals surface area contributed by atoms with Crippen LogP contribution < -0.4 is 5.32 Å². The number of rotatable bonds is 7. The van der Waals surface area contributed by atoms with Gasteiger partial charge in [0.05, 0.1) is 18.7 Å². The molecule has 0 spiro atoms. The summed E-state index contributed by atoms with van der Waals surface area (Å²) in [6, 6.07) is -0.0872. The molecule has 13 heteroatoms. The molecule has 1 unspecified atom stereocenters. The van der Waals surface area contributed by atoms with E-state index in [0.717, 1.165) is 24.1 Å². The van der Waals surface area contributed by atoms with Gasteiger partial charge in [0.25, 0.3) is 11.8 Å². The van der Waals surface area contributed by atoms with Crippen LogP contribution in [0.3, 0.4) is 0 Å². The maximum absolute atomic E-state index is 13.8. The molecule has 2 aliphatic rings. The quantitative estimate of drug-likeness (QED) is 0.518. The number of hydrogen-bond donors (Lipinski definition) is 1. The van der Waals surface area contributed by atoms with Crippen molar-refractivity contribution >= 4 is 35.0 Å². The summed E-state index contributed by atoms with van der Waals surface area (Å²) < 4.78 is 6.97. The van der Waals surface area contributed by atoms with Gasteiger partial charge >= 0.3 is 0 Å². The minimum absolute atomic E-state index is 0.0233. The summed E-state index contributed by atoms with van der Waals surface area (Å²) in [6.45, 7) is 5.82. The second kappa shape index (κ2) is 14.0. The summed E-state index contributed by atoms with van der Waals surface area (Å²) in [4.78, 5) is 62.8. The van der Waals surface area contributed by atoms with Crippen LogP contribution in [0.25, 0.3) is 0 Å². The van der Waals surface area contributed by atoms with Crippen molar-refractivity contribution in [2.45, 2.75) is 52.0 Å². The number of hydrogen-bond acceptors (Lipinski definition) is 8. The summed E-state index contributed by atoms with van der Waals surface area (Å²) >= 11 is 1.33. The Labute approximate surface area is 245 Å². The van der Waals surface area contributed by atoms with Crippen molar-refractivity contribution in [3.63, 3.8) is 0 Å². The van der Waals surface area contributed by atoms with Gasteiger partial charge in [-0.25, -0.2) is 4.98 Å². The molecule has 41 heavy (non-hydrogen) atoms. The first-order valence-electron chi connectivity index (χ1n) is 14.3. The van der Waals surface area contributed by atoms with E-state index in [1.54, 1.807) is 27.6 Å². The fourth-order valence-corrected chi connectivity index (χ4v) is 5.98. The molecule has 1 atom stereocenters. The Balaban J connectivity index is 1.68. The second-order valence-corrected chi connectivity index (χ2v) is 11.8. The Bertz CT molecular complexity index is 1230. The van der Waals surface area contributed by atoms with Crippen LogP contribution in [0.4, 0.5) is 0 Å². The number of nitrogens with zero attached hydrogens (tertiary/aromatic N) is 6. The van der Waals surface area contributed by atoms with Gasteiger partial charge in [-0.2, -0.15) is 5.10 Å². The van der Waals surface area contributed by atoms with E-state index in [4.69, 9.17) is 4.74 Å². The van der Waals surface area contributed by atoms with E-state index in [1.807, 2.05) is 11.9 Å². The van der Waals surface area contributed by atoms with Gasteiger partial charge in [0.15, 0.2) is 5.69 Å². The Morgan fingerprint density at radius 2 is 2.00 bits per heavy atom. The number of carbonyl (C=O) groups excluding carboxylic acids is 4. The van der Waals surface area contributed by atoms with Crippen LogP contribution in [-0.2, 0) is 34.2 Å². The molecule has 0 fully saturated rings. The number of nitrogens with one attached hydrogen (secondary N) is 1. The molecule has 1 aliphatic carbocycles. The molecule has 0 saturated heterocycles. The van der Waals surface area contributed by atoms with Crippen LogP contribution in [0, 0.1) is 5.92 Å². The van der Waals surface area contributed by atoms with Crippen molar-refractivity contribution in [3.05, 3.63) is 33.5 Å². The molecule has 2 aromatic heterocycles. The highest BCUT2D eigenvalue weighted by Crippen LogP contribution is 2.29. The van der Waals surface area contributed by atoms with Crippen molar-refractivity contribution in [1.82, 2.24) is 34.8 Å². The van der Waals surface area contributed by atoms with Gasteiger partial charge in [0.2, 0.25) is 11.8 Å². The monoisotopic (exact) mass is 587 g/mol. The SMILES string of the molecule is COCCN1CC(=O)NCCN(C(=O)c2cscn2)CCC(=O)N(CCC(C)C)C2CCc3c(c(nn3C)C1=O)C2. The van der Waals surface area contributed by atoms with Crippen molar-refractivity contribution in [1.29, 1.82) is 0 Å². The predicted molar refractivity (Wildman–Crippen MR) is 154 cm³/mol. The van der Waals surface area contributed by atoms with Gasteiger partial charge in [0, 0.05) is 76.0 Å². The van der Waals surface area contributed by atoms with Crippen LogP contribution in [0.2, 0.25) is 0 Å². The third-order valence-electron chi connectivity index (χ3n) is 7.77. The number of carbonyl (C=O) groups is 4. The maximum atomic E-state index is 13.8. The zero-order valence-corrected chi connectivity index (χ0v) is 25.2. The van der Waals surface area contributed by atoms with Gasteiger partial charge in [-0.3, -0.25) is 23.9 Å². The molecular weight excluding hydrogens is 546 g/mol. The lowest BCUT2D eigenvalue weighted by atomic mass is 9.89. The lowest BCUT2D eigenvalue weighted by Crippen LogP contribution is -2.48. The first kappa shape index (κ1) is 30.6. The van der Waals surface area contributed by atoms with Crippen LogP contribution >= 0.6 is 11.3 Å². The van der Waals surface area contributed by atoms with Crippen LogP contribution in [-0.4, -0.2) is 112 Å². The molecule has 2 aromatic rings. The van der Waals surface area contributed by atoms with Gasteiger partial charge < -0.3 is 24.8 Å². The predicted octanol–water partition coefficient (Wildman–Crippen LogP) is 1.36. The largest absolute Gasteiger partial charge is 0.383 e. The highest BCUT2D eigenvalue weighted by molar-refractivity contribution is 7.07. The summed E-state index contributed by atoms with van der Waals surface area (Å²) in [5.74, 6) is -0.561. The van der Waals surface area contributed by atoms with E-state index < -0.39 is 0 Å². The second-order valence-electron chi connectivity index (χ2n) is 11.0. The first-order chi connectivity index (χ1) is 19.7. The molecule has 0 aromatic carbocycles. The minimum Gasteiger partial charge on any atom is -0.383 e. The fraction of sp³-hybridized carbons (Fsp3) is 0.643. The van der Waals surface area contributed by atoms with Crippen molar-refractivity contribution in [3.8, 4) is 0 Å². The number of methoxy groups -OCH3 is 1. The highest BCUT2D eigenvalue weighted by atomic mass is 32.1. The summed E-state index contributed by atoms with van der Waals surface area (Å²) in [6.07, 6.45) is 2.98. The van der Waals surface area contributed by atoms with Crippen LogP contribution in [0.5, 0.6) is 0 Å². The standard InChI is InChI=1S/C28H41N7O5S/c1-19(2)7-11-35-20-5-6-23-21(15-20)26(31-32(23)3)28(39)34(13-14-40-4)16-24(36)29-9-12-33(10-8-25(35)37)27(38)22-17-41-18-30-22/h17-20H,5-16H2,1-4H3,(H,29,36). The average Bonchev–Trinajstić information content (AvgIpc) is 3.60. The molecule has 1 aliphatic heterocycles. The van der Waals surface area contributed by atoms with E-state index in [1.165, 1.54) is 16.2 Å². The number of amides is 4. The van der Waals surface area contributed by atoms with Crippen LogP contribution in [0.1, 0.15) is 65.3 Å². The smallest absolute Gasteiger partial charge is 0.275 e. The van der Waals surface area contributed by atoms with Crippen molar-refractivity contribution in [2.24, 2.45) is 13.0 Å². The summed E-state index contributed by atoms with van der Waals surface area (Å²) in [5, 5.41) is 9.10. The topological polar surface area (TPSA) is 130 Å². The maximum Gasteiger partial charge on any atom is 0.275 e. The van der Waals surface area contributed by atoms with Crippen molar-refractivity contribution in [2.75, 3.05) is 53.0 Å².